The lowest BCUT2D eigenvalue weighted by molar-refractivity contribution is 0.229. The number of hydrogen-bond acceptors (Lipinski definition) is 3. The van der Waals surface area contributed by atoms with E-state index < -0.39 is 0 Å². The van der Waals surface area contributed by atoms with Crippen molar-refractivity contribution >= 4 is 0 Å². The smallest absolute Gasteiger partial charge is 0.0594 e. The first kappa shape index (κ1) is 16.2. The van der Waals surface area contributed by atoms with Crippen LogP contribution in [0.5, 0.6) is 0 Å². The molecule has 1 aliphatic rings. The van der Waals surface area contributed by atoms with Crippen LogP contribution < -0.4 is 5.32 Å². The third kappa shape index (κ3) is 3.98. The fourth-order valence-corrected chi connectivity index (χ4v) is 3.29. The zero-order valence-corrected chi connectivity index (χ0v) is 14.4. The molecule has 3 heteroatoms. The number of nitrogens with one attached hydrogen (secondary N) is 1. The van der Waals surface area contributed by atoms with Crippen LogP contribution in [0.3, 0.4) is 0 Å². The first-order valence-corrected chi connectivity index (χ1v) is 8.55. The summed E-state index contributed by atoms with van der Waals surface area (Å²) in [5.74, 6) is 0. The van der Waals surface area contributed by atoms with Crippen molar-refractivity contribution in [2.45, 2.75) is 38.8 Å². The number of aromatic nitrogens is 1. The van der Waals surface area contributed by atoms with Crippen LogP contribution in [-0.4, -0.2) is 36.1 Å². The van der Waals surface area contributed by atoms with Gasteiger partial charge in [0, 0.05) is 18.4 Å². The van der Waals surface area contributed by atoms with Gasteiger partial charge in [0.15, 0.2) is 0 Å². The number of aryl methyl sites for hydroxylation is 2. The summed E-state index contributed by atoms with van der Waals surface area (Å²) in [7, 11) is 2.21. The van der Waals surface area contributed by atoms with Crippen molar-refractivity contribution < 1.29 is 0 Å². The molecule has 2 aromatic rings. The van der Waals surface area contributed by atoms with E-state index in [2.05, 4.69) is 60.4 Å². The van der Waals surface area contributed by atoms with Crippen LogP contribution in [0.25, 0.3) is 0 Å². The van der Waals surface area contributed by atoms with Crippen molar-refractivity contribution in [2.75, 3.05) is 20.1 Å². The van der Waals surface area contributed by atoms with E-state index >= 15 is 0 Å². The third-order valence-electron chi connectivity index (χ3n) is 5.00. The fourth-order valence-electron chi connectivity index (χ4n) is 3.29. The molecular weight excluding hydrogens is 282 g/mol. The molecule has 1 atom stereocenters. The molecule has 3 nitrogen and oxygen atoms in total. The second-order valence-electron chi connectivity index (χ2n) is 6.81. The van der Waals surface area contributed by atoms with Gasteiger partial charge in [-0.05, 0) is 75.1 Å². The van der Waals surface area contributed by atoms with Crippen LogP contribution in [0.2, 0.25) is 0 Å². The van der Waals surface area contributed by atoms with Crippen molar-refractivity contribution in [1.29, 1.82) is 0 Å². The number of benzene rings is 1. The molecule has 0 saturated carbocycles. The number of nitrogens with zero attached hydrogens (tertiary/aromatic N) is 2. The third-order valence-corrected chi connectivity index (χ3v) is 5.00. The molecule has 122 valence electrons. The van der Waals surface area contributed by atoms with Crippen LogP contribution in [0.1, 0.15) is 41.1 Å². The zero-order valence-electron chi connectivity index (χ0n) is 14.4. The predicted octanol–water partition coefficient (Wildman–Crippen LogP) is 3.47. The van der Waals surface area contributed by atoms with Gasteiger partial charge in [0.25, 0.3) is 0 Å². The van der Waals surface area contributed by atoms with Gasteiger partial charge in [-0.3, -0.25) is 4.98 Å². The van der Waals surface area contributed by atoms with Gasteiger partial charge >= 0.3 is 0 Å². The van der Waals surface area contributed by atoms with Gasteiger partial charge in [0.2, 0.25) is 0 Å². The van der Waals surface area contributed by atoms with E-state index in [4.69, 9.17) is 0 Å². The van der Waals surface area contributed by atoms with E-state index in [0.29, 0.717) is 6.04 Å². The summed E-state index contributed by atoms with van der Waals surface area (Å²) in [5.41, 5.74) is 5.27. The first-order chi connectivity index (χ1) is 11.1. The molecule has 0 radical (unpaired) electrons. The van der Waals surface area contributed by atoms with Crippen molar-refractivity contribution in [3.63, 3.8) is 0 Å². The summed E-state index contributed by atoms with van der Waals surface area (Å²) in [6, 6.07) is 11.8. The molecule has 1 fully saturated rings. The topological polar surface area (TPSA) is 28.2 Å². The number of pyridine rings is 1. The van der Waals surface area contributed by atoms with Crippen LogP contribution in [0.15, 0.2) is 42.7 Å². The minimum absolute atomic E-state index is 0.219. The highest BCUT2D eigenvalue weighted by Crippen LogP contribution is 2.25. The number of hydrogen-bond donors (Lipinski definition) is 1. The summed E-state index contributed by atoms with van der Waals surface area (Å²) in [6.45, 7) is 6.70. The van der Waals surface area contributed by atoms with Crippen molar-refractivity contribution in [2.24, 2.45) is 0 Å². The molecule has 1 saturated heterocycles. The van der Waals surface area contributed by atoms with E-state index in [-0.39, 0.29) is 6.04 Å². The lowest BCUT2D eigenvalue weighted by Crippen LogP contribution is -2.42. The molecule has 1 aromatic carbocycles. The Hall–Kier alpha value is -1.71. The maximum absolute atomic E-state index is 4.33. The highest BCUT2D eigenvalue weighted by Gasteiger charge is 2.22. The van der Waals surface area contributed by atoms with Crippen LogP contribution >= 0.6 is 0 Å². The Morgan fingerprint density at radius 1 is 1.09 bits per heavy atom. The minimum Gasteiger partial charge on any atom is -0.306 e. The Morgan fingerprint density at radius 2 is 1.87 bits per heavy atom. The Labute approximate surface area is 139 Å². The predicted molar refractivity (Wildman–Crippen MR) is 95.7 cm³/mol. The molecular formula is C20H27N3. The Bertz CT molecular complexity index is 631. The zero-order chi connectivity index (χ0) is 16.2. The Balaban J connectivity index is 1.86. The lowest BCUT2D eigenvalue weighted by atomic mass is 9.94. The van der Waals surface area contributed by atoms with E-state index in [1.54, 1.807) is 0 Å². The molecule has 0 aliphatic carbocycles. The quantitative estimate of drug-likeness (QED) is 0.937. The monoisotopic (exact) mass is 309 g/mol. The minimum atomic E-state index is 0.219. The average Bonchev–Trinajstić information content (AvgIpc) is 2.58. The van der Waals surface area contributed by atoms with Gasteiger partial charge in [0.05, 0.1) is 6.04 Å². The van der Waals surface area contributed by atoms with Crippen molar-refractivity contribution in [1.82, 2.24) is 15.2 Å². The maximum Gasteiger partial charge on any atom is 0.0594 e. The van der Waals surface area contributed by atoms with Crippen LogP contribution in [0.4, 0.5) is 0 Å². The summed E-state index contributed by atoms with van der Waals surface area (Å²) in [6.07, 6.45) is 6.24. The Morgan fingerprint density at radius 3 is 2.52 bits per heavy atom. The van der Waals surface area contributed by atoms with E-state index in [0.717, 1.165) is 0 Å². The second-order valence-corrected chi connectivity index (χ2v) is 6.81. The van der Waals surface area contributed by atoms with Gasteiger partial charge in [-0.15, -0.1) is 0 Å². The molecule has 1 aromatic heterocycles. The SMILES string of the molecule is Cc1ccc(C(NC2CCN(C)CC2)c2cccnc2)cc1C. The van der Waals surface area contributed by atoms with Crippen molar-refractivity contribution in [3.05, 3.63) is 65.0 Å². The van der Waals surface area contributed by atoms with E-state index in [1.807, 2.05) is 18.5 Å². The van der Waals surface area contributed by atoms with Gasteiger partial charge in [-0.1, -0.05) is 24.3 Å². The molecule has 3 rings (SSSR count). The highest BCUT2D eigenvalue weighted by atomic mass is 15.1. The molecule has 2 heterocycles. The fraction of sp³-hybridized carbons (Fsp3) is 0.450. The number of likely N-dealkylation sites (tertiary alicyclic amines) is 1. The largest absolute Gasteiger partial charge is 0.306 e. The van der Waals surface area contributed by atoms with Crippen LogP contribution in [0, 0.1) is 13.8 Å². The van der Waals surface area contributed by atoms with Crippen molar-refractivity contribution in [3.8, 4) is 0 Å². The summed E-state index contributed by atoms with van der Waals surface area (Å²) >= 11 is 0. The normalized spacial score (nSPS) is 18.0. The number of rotatable bonds is 4. The Kier molecular flexibility index (Phi) is 5.09. The molecule has 1 aliphatic heterocycles. The van der Waals surface area contributed by atoms with Gasteiger partial charge < -0.3 is 10.2 Å². The second kappa shape index (κ2) is 7.24. The number of piperidine rings is 1. The summed E-state index contributed by atoms with van der Waals surface area (Å²) in [5, 5.41) is 3.89. The molecule has 1 N–H and O–H groups in total. The van der Waals surface area contributed by atoms with Crippen LogP contribution in [-0.2, 0) is 0 Å². The molecule has 23 heavy (non-hydrogen) atoms. The highest BCUT2D eigenvalue weighted by molar-refractivity contribution is 5.36. The van der Waals surface area contributed by atoms with E-state index in [1.165, 1.54) is 48.2 Å². The summed E-state index contributed by atoms with van der Waals surface area (Å²) in [4.78, 5) is 6.74. The molecule has 0 spiro atoms. The molecule has 1 unspecified atom stereocenters. The lowest BCUT2D eigenvalue weighted by Gasteiger charge is -2.33. The van der Waals surface area contributed by atoms with E-state index in [9.17, 15) is 0 Å². The van der Waals surface area contributed by atoms with Gasteiger partial charge in [0.1, 0.15) is 0 Å². The van der Waals surface area contributed by atoms with Gasteiger partial charge in [-0.25, -0.2) is 0 Å². The van der Waals surface area contributed by atoms with Gasteiger partial charge in [-0.2, -0.15) is 0 Å². The average molecular weight is 309 g/mol. The molecule has 0 bridgehead atoms. The maximum atomic E-state index is 4.33. The summed E-state index contributed by atoms with van der Waals surface area (Å²) < 4.78 is 0. The first-order valence-electron chi connectivity index (χ1n) is 8.55. The standard InChI is InChI=1S/C20H27N3/c1-15-6-7-17(13-16(15)2)20(18-5-4-10-21-14-18)22-19-8-11-23(3)12-9-19/h4-7,10,13-14,19-20,22H,8-9,11-12H2,1-3H3. The molecule has 0 amide bonds.